The average Bonchev–Trinajstić information content (AvgIpc) is 3.15. The van der Waals surface area contributed by atoms with Crippen LogP contribution in [0.2, 0.25) is 0 Å². The highest BCUT2D eigenvalue weighted by Gasteiger charge is 2.25. The largest absolute Gasteiger partial charge is 0.497 e. The zero-order valence-corrected chi connectivity index (χ0v) is 14.8. The molecular weight excluding hydrogens is 318 g/mol. The van der Waals surface area contributed by atoms with E-state index >= 15 is 0 Å². The number of hydrogen-bond acceptors (Lipinski definition) is 3. The van der Waals surface area contributed by atoms with Crippen molar-refractivity contribution in [2.75, 3.05) is 12.4 Å². The number of hydrogen-bond donors (Lipinski definition) is 1. The van der Waals surface area contributed by atoms with Crippen LogP contribution in [0.25, 0.3) is 0 Å². The summed E-state index contributed by atoms with van der Waals surface area (Å²) >= 11 is 5.72. The molecule has 0 amide bonds. The van der Waals surface area contributed by atoms with Crippen LogP contribution >= 0.6 is 12.2 Å². The number of nitrogens with one attached hydrogen (secondary N) is 1. The zero-order chi connectivity index (χ0) is 16.8. The number of ether oxygens (including phenoxy) is 1. The van der Waals surface area contributed by atoms with E-state index in [1.54, 1.807) is 7.11 Å². The summed E-state index contributed by atoms with van der Waals surface area (Å²) in [5.74, 6) is 0.819. The maximum Gasteiger partial charge on any atom is 0.174 e. The summed E-state index contributed by atoms with van der Waals surface area (Å²) < 4.78 is 5.29. The number of pyridine rings is 1. The fraction of sp³-hybridized carbons (Fsp3) is 0.368. The highest BCUT2D eigenvalue weighted by atomic mass is 32.1. The molecule has 1 saturated carbocycles. The van der Waals surface area contributed by atoms with Crippen molar-refractivity contribution in [2.24, 2.45) is 0 Å². The first-order chi connectivity index (χ1) is 11.8. The first-order valence-corrected chi connectivity index (χ1v) is 8.78. The van der Waals surface area contributed by atoms with Crippen LogP contribution in [-0.2, 0) is 6.54 Å². The number of methoxy groups -OCH3 is 1. The fourth-order valence-corrected chi connectivity index (χ4v) is 3.48. The third-order valence-corrected chi connectivity index (χ3v) is 4.74. The van der Waals surface area contributed by atoms with Crippen LogP contribution in [0, 0.1) is 0 Å². The molecule has 5 heteroatoms. The minimum absolute atomic E-state index is 0.484. The van der Waals surface area contributed by atoms with Crippen molar-refractivity contribution in [2.45, 2.75) is 38.3 Å². The van der Waals surface area contributed by atoms with Crippen molar-refractivity contribution in [3.05, 3.63) is 54.4 Å². The smallest absolute Gasteiger partial charge is 0.174 e. The Balaban J connectivity index is 1.75. The lowest BCUT2D eigenvalue weighted by Gasteiger charge is -2.31. The molecule has 1 heterocycles. The SMILES string of the molecule is COc1cccc(NC(=S)N(Cc2ccccn2)C2CCCC2)c1. The predicted octanol–water partition coefficient (Wildman–Crippen LogP) is 4.23. The summed E-state index contributed by atoms with van der Waals surface area (Å²) in [6.07, 6.45) is 6.75. The van der Waals surface area contributed by atoms with Crippen molar-refractivity contribution in [3.8, 4) is 5.75 Å². The summed E-state index contributed by atoms with van der Waals surface area (Å²) in [4.78, 5) is 6.74. The van der Waals surface area contributed by atoms with Crippen molar-refractivity contribution in [1.82, 2.24) is 9.88 Å². The molecule has 3 rings (SSSR count). The Hall–Kier alpha value is -2.14. The third-order valence-electron chi connectivity index (χ3n) is 4.41. The number of thiocarbonyl (C=S) groups is 1. The molecule has 4 nitrogen and oxygen atoms in total. The van der Waals surface area contributed by atoms with Gasteiger partial charge in [-0.1, -0.05) is 25.0 Å². The van der Waals surface area contributed by atoms with Gasteiger partial charge in [0, 0.05) is 24.0 Å². The van der Waals surface area contributed by atoms with E-state index in [0.29, 0.717) is 6.04 Å². The van der Waals surface area contributed by atoms with Gasteiger partial charge < -0.3 is 15.0 Å². The van der Waals surface area contributed by atoms with Gasteiger partial charge >= 0.3 is 0 Å². The summed E-state index contributed by atoms with van der Waals surface area (Å²) in [6, 6.07) is 14.3. The molecule has 1 fully saturated rings. The van der Waals surface area contributed by atoms with Crippen LogP contribution in [-0.4, -0.2) is 28.1 Å². The summed E-state index contributed by atoms with van der Waals surface area (Å²) in [5, 5.41) is 4.11. The Kier molecular flexibility index (Phi) is 5.64. The lowest BCUT2D eigenvalue weighted by Crippen LogP contribution is -2.41. The maximum atomic E-state index is 5.72. The van der Waals surface area contributed by atoms with Crippen LogP contribution < -0.4 is 10.1 Å². The van der Waals surface area contributed by atoms with E-state index in [2.05, 4.69) is 21.3 Å². The molecule has 1 aliphatic rings. The highest BCUT2D eigenvalue weighted by Crippen LogP contribution is 2.26. The van der Waals surface area contributed by atoms with Gasteiger partial charge in [0.05, 0.1) is 19.3 Å². The van der Waals surface area contributed by atoms with E-state index in [-0.39, 0.29) is 0 Å². The van der Waals surface area contributed by atoms with E-state index in [0.717, 1.165) is 28.8 Å². The van der Waals surface area contributed by atoms with E-state index in [4.69, 9.17) is 17.0 Å². The fourth-order valence-electron chi connectivity index (χ4n) is 3.14. The second kappa shape index (κ2) is 8.11. The van der Waals surface area contributed by atoms with Crippen LogP contribution in [0.15, 0.2) is 48.7 Å². The third kappa shape index (κ3) is 4.23. The number of nitrogens with zero attached hydrogens (tertiary/aromatic N) is 2. The van der Waals surface area contributed by atoms with Gasteiger partial charge in [-0.15, -0.1) is 0 Å². The normalized spacial score (nSPS) is 14.4. The predicted molar refractivity (Wildman–Crippen MR) is 101 cm³/mol. The maximum absolute atomic E-state index is 5.72. The van der Waals surface area contributed by atoms with Crippen LogP contribution in [0.4, 0.5) is 5.69 Å². The van der Waals surface area contributed by atoms with Crippen molar-refractivity contribution < 1.29 is 4.74 Å². The van der Waals surface area contributed by atoms with E-state index in [1.165, 1.54) is 25.7 Å². The second-order valence-corrected chi connectivity index (χ2v) is 6.44. The van der Waals surface area contributed by atoms with Gasteiger partial charge in [-0.3, -0.25) is 4.98 Å². The molecule has 2 aromatic rings. The lowest BCUT2D eigenvalue weighted by atomic mass is 10.2. The van der Waals surface area contributed by atoms with E-state index < -0.39 is 0 Å². The molecule has 126 valence electrons. The lowest BCUT2D eigenvalue weighted by molar-refractivity contribution is 0.309. The number of benzene rings is 1. The quantitative estimate of drug-likeness (QED) is 0.824. The Labute approximate surface area is 148 Å². The van der Waals surface area contributed by atoms with Gasteiger partial charge in [-0.2, -0.15) is 0 Å². The summed E-state index contributed by atoms with van der Waals surface area (Å²) in [6.45, 7) is 0.737. The molecule has 0 spiro atoms. The molecule has 0 unspecified atom stereocenters. The Morgan fingerprint density at radius 2 is 2.08 bits per heavy atom. The number of anilines is 1. The zero-order valence-electron chi connectivity index (χ0n) is 13.9. The second-order valence-electron chi connectivity index (χ2n) is 6.05. The minimum atomic E-state index is 0.484. The van der Waals surface area contributed by atoms with Crippen LogP contribution in [0.5, 0.6) is 5.75 Å². The molecule has 0 bridgehead atoms. The molecule has 1 aromatic heterocycles. The monoisotopic (exact) mass is 341 g/mol. The Morgan fingerprint density at radius 1 is 1.25 bits per heavy atom. The van der Waals surface area contributed by atoms with Crippen LogP contribution in [0.3, 0.4) is 0 Å². The molecule has 1 aromatic carbocycles. The minimum Gasteiger partial charge on any atom is -0.497 e. The van der Waals surface area contributed by atoms with Crippen molar-refractivity contribution in [3.63, 3.8) is 0 Å². The molecular formula is C19H23N3OS. The topological polar surface area (TPSA) is 37.4 Å². The molecule has 1 N–H and O–H groups in total. The number of aromatic nitrogens is 1. The Morgan fingerprint density at radius 3 is 2.79 bits per heavy atom. The van der Waals surface area contributed by atoms with Crippen molar-refractivity contribution >= 4 is 23.0 Å². The standard InChI is InChI=1S/C19H23N3OS/c1-23-18-11-6-8-15(13-18)21-19(24)22(17-9-2-3-10-17)14-16-7-4-5-12-20-16/h4-8,11-13,17H,2-3,9-10,14H2,1H3,(H,21,24). The Bertz CT molecular complexity index is 671. The molecule has 0 atom stereocenters. The summed E-state index contributed by atoms with van der Waals surface area (Å²) in [7, 11) is 1.67. The van der Waals surface area contributed by atoms with E-state index in [9.17, 15) is 0 Å². The van der Waals surface area contributed by atoms with Crippen LogP contribution in [0.1, 0.15) is 31.4 Å². The van der Waals surface area contributed by atoms with Gasteiger partial charge in [0.15, 0.2) is 5.11 Å². The average molecular weight is 341 g/mol. The van der Waals surface area contributed by atoms with Gasteiger partial charge in [0.1, 0.15) is 5.75 Å². The highest BCUT2D eigenvalue weighted by molar-refractivity contribution is 7.80. The molecule has 0 saturated heterocycles. The molecule has 24 heavy (non-hydrogen) atoms. The molecule has 0 radical (unpaired) electrons. The first kappa shape index (κ1) is 16.7. The molecule has 0 aliphatic heterocycles. The first-order valence-electron chi connectivity index (χ1n) is 8.38. The van der Waals surface area contributed by atoms with Gasteiger partial charge in [0.25, 0.3) is 0 Å². The molecule has 1 aliphatic carbocycles. The van der Waals surface area contributed by atoms with Gasteiger partial charge in [0.2, 0.25) is 0 Å². The number of rotatable bonds is 5. The van der Waals surface area contributed by atoms with E-state index in [1.807, 2.05) is 42.6 Å². The van der Waals surface area contributed by atoms with Crippen molar-refractivity contribution in [1.29, 1.82) is 0 Å². The summed E-state index contributed by atoms with van der Waals surface area (Å²) in [5.41, 5.74) is 1.99. The van der Waals surface area contributed by atoms with Gasteiger partial charge in [-0.05, 0) is 49.3 Å². The van der Waals surface area contributed by atoms with Gasteiger partial charge in [-0.25, -0.2) is 0 Å².